The van der Waals surface area contributed by atoms with Gasteiger partial charge in [0.1, 0.15) is 5.75 Å². The number of rotatable bonds is 3. The minimum atomic E-state index is -4.34. The van der Waals surface area contributed by atoms with Crippen LogP contribution in [0.15, 0.2) is 18.2 Å². The zero-order valence-electron chi connectivity index (χ0n) is 9.84. The first-order valence-corrected chi connectivity index (χ1v) is 5.32. The molecule has 2 nitrogen and oxygen atoms in total. The largest absolute Gasteiger partial charge is 0.484 e. The van der Waals surface area contributed by atoms with E-state index >= 15 is 0 Å². The molecule has 1 aromatic carbocycles. The van der Waals surface area contributed by atoms with E-state index in [-0.39, 0.29) is 12.4 Å². The Morgan fingerprint density at radius 2 is 2.06 bits per heavy atom. The summed E-state index contributed by atoms with van der Waals surface area (Å²) < 4.78 is 40.5. The van der Waals surface area contributed by atoms with Gasteiger partial charge in [-0.25, -0.2) is 0 Å². The third-order valence-electron chi connectivity index (χ3n) is 2.06. The molecule has 0 radical (unpaired) electrons. The number of alkyl halides is 3. The molecular formula is C13H13F3O2. The molecule has 0 unspecified atom stereocenters. The Labute approximate surface area is 103 Å². The molecule has 0 aliphatic heterocycles. The highest BCUT2D eigenvalue weighted by Gasteiger charge is 2.28. The number of hydrogen-bond acceptors (Lipinski definition) is 2. The van der Waals surface area contributed by atoms with Crippen LogP contribution in [0.4, 0.5) is 13.2 Å². The Hall–Kier alpha value is -1.67. The van der Waals surface area contributed by atoms with Crippen molar-refractivity contribution in [3.8, 4) is 17.6 Å². The maximum absolute atomic E-state index is 12.0. The van der Waals surface area contributed by atoms with Gasteiger partial charge in [0.2, 0.25) is 0 Å². The lowest BCUT2D eigenvalue weighted by Crippen LogP contribution is -2.19. The monoisotopic (exact) mass is 258 g/mol. The van der Waals surface area contributed by atoms with Crippen molar-refractivity contribution in [3.05, 3.63) is 29.3 Å². The number of hydrogen-bond donors (Lipinski definition) is 1. The molecule has 0 saturated heterocycles. The Bertz CT molecular complexity index is 456. The molecule has 5 heteroatoms. The highest BCUT2D eigenvalue weighted by Crippen LogP contribution is 2.20. The maximum Gasteiger partial charge on any atom is 0.422 e. The van der Waals surface area contributed by atoms with Gasteiger partial charge in [0, 0.05) is 12.0 Å². The zero-order chi connectivity index (χ0) is 13.6. The van der Waals surface area contributed by atoms with E-state index in [9.17, 15) is 13.2 Å². The van der Waals surface area contributed by atoms with Crippen molar-refractivity contribution in [2.24, 2.45) is 0 Å². The maximum atomic E-state index is 12.0. The van der Waals surface area contributed by atoms with Gasteiger partial charge in [0.25, 0.3) is 0 Å². The van der Waals surface area contributed by atoms with E-state index in [1.807, 2.05) is 0 Å². The number of aliphatic hydroxyl groups is 1. The molecule has 0 spiro atoms. The summed E-state index contributed by atoms with van der Waals surface area (Å²) in [5.41, 5.74) is 1.45. The van der Waals surface area contributed by atoms with Crippen molar-refractivity contribution in [1.29, 1.82) is 0 Å². The van der Waals surface area contributed by atoms with Gasteiger partial charge in [0.15, 0.2) is 6.61 Å². The molecule has 0 heterocycles. The first-order chi connectivity index (χ1) is 8.42. The van der Waals surface area contributed by atoms with E-state index in [1.54, 1.807) is 13.0 Å². The third-order valence-corrected chi connectivity index (χ3v) is 2.06. The fourth-order valence-electron chi connectivity index (χ4n) is 1.24. The van der Waals surface area contributed by atoms with Gasteiger partial charge < -0.3 is 9.84 Å². The molecule has 0 aliphatic rings. The van der Waals surface area contributed by atoms with Crippen molar-refractivity contribution in [1.82, 2.24) is 0 Å². The number of aryl methyl sites for hydroxylation is 1. The van der Waals surface area contributed by atoms with Crippen LogP contribution in [0.2, 0.25) is 0 Å². The molecule has 1 N–H and O–H groups in total. The van der Waals surface area contributed by atoms with Crippen LogP contribution in [0.5, 0.6) is 5.75 Å². The zero-order valence-corrected chi connectivity index (χ0v) is 9.84. The molecule has 1 rings (SSSR count). The second kappa shape index (κ2) is 6.31. The van der Waals surface area contributed by atoms with Crippen LogP contribution in [0, 0.1) is 18.8 Å². The molecule has 1 aromatic rings. The molecule has 0 amide bonds. The summed E-state index contributed by atoms with van der Waals surface area (Å²) in [6.45, 7) is 0.421. The van der Waals surface area contributed by atoms with Crippen molar-refractivity contribution >= 4 is 0 Å². The molecule has 0 fully saturated rings. The van der Waals surface area contributed by atoms with E-state index in [4.69, 9.17) is 5.11 Å². The lowest BCUT2D eigenvalue weighted by molar-refractivity contribution is -0.153. The summed E-state index contributed by atoms with van der Waals surface area (Å²) in [5.74, 6) is 5.74. The van der Waals surface area contributed by atoms with Crippen LogP contribution in [0.1, 0.15) is 17.5 Å². The molecule has 0 saturated carbocycles. The fraction of sp³-hybridized carbons (Fsp3) is 0.385. The summed E-state index contributed by atoms with van der Waals surface area (Å²) in [5, 5.41) is 8.57. The van der Waals surface area contributed by atoms with Crippen molar-refractivity contribution in [2.45, 2.75) is 19.5 Å². The second-order valence-electron chi connectivity index (χ2n) is 3.66. The van der Waals surface area contributed by atoms with Gasteiger partial charge in [-0.1, -0.05) is 11.8 Å². The summed E-state index contributed by atoms with van der Waals surface area (Å²) >= 11 is 0. The van der Waals surface area contributed by atoms with Crippen LogP contribution in [-0.4, -0.2) is 24.5 Å². The molecule has 0 atom stereocenters. The fourth-order valence-corrected chi connectivity index (χ4v) is 1.24. The topological polar surface area (TPSA) is 29.5 Å². The van der Waals surface area contributed by atoms with Crippen molar-refractivity contribution in [2.75, 3.05) is 13.2 Å². The Balaban J connectivity index is 2.71. The van der Waals surface area contributed by atoms with Crippen LogP contribution in [0.3, 0.4) is 0 Å². The minimum absolute atomic E-state index is 0.0151. The first-order valence-electron chi connectivity index (χ1n) is 5.32. The van der Waals surface area contributed by atoms with Crippen molar-refractivity contribution in [3.63, 3.8) is 0 Å². The second-order valence-corrected chi connectivity index (χ2v) is 3.66. The minimum Gasteiger partial charge on any atom is -0.484 e. The normalized spacial score (nSPS) is 10.7. The SMILES string of the molecule is Cc1cc(OCC(F)(F)F)ccc1C#CCCO. The molecule has 18 heavy (non-hydrogen) atoms. The predicted octanol–water partition coefficient (Wildman–Crippen LogP) is 2.67. The lowest BCUT2D eigenvalue weighted by atomic mass is 10.1. The average molecular weight is 258 g/mol. The number of aliphatic hydroxyl groups excluding tert-OH is 1. The van der Waals surface area contributed by atoms with Crippen LogP contribution >= 0.6 is 0 Å². The first kappa shape index (κ1) is 14.4. The van der Waals surface area contributed by atoms with E-state index < -0.39 is 12.8 Å². The van der Waals surface area contributed by atoms with Crippen LogP contribution in [-0.2, 0) is 0 Å². The van der Waals surface area contributed by atoms with Gasteiger partial charge in [-0.3, -0.25) is 0 Å². The molecule has 0 aromatic heterocycles. The average Bonchev–Trinajstić information content (AvgIpc) is 2.28. The quantitative estimate of drug-likeness (QED) is 0.845. The standard InChI is InChI=1S/C13H13F3O2/c1-10-8-12(18-9-13(14,15)16)6-5-11(10)4-2-3-7-17/h5-6,8,17H,3,7,9H2,1H3. The van der Waals surface area contributed by atoms with E-state index in [2.05, 4.69) is 16.6 Å². The van der Waals surface area contributed by atoms with Gasteiger partial charge in [-0.2, -0.15) is 13.2 Å². The molecule has 0 bridgehead atoms. The predicted molar refractivity (Wildman–Crippen MR) is 61.3 cm³/mol. The number of halogens is 3. The smallest absolute Gasteiger partial charge is 0.422 e. The Kier molecular flexibility index (Phi) is 5.05. The summed E-state index contributed by atoms with van der Waals surface area (Å²) in [6, 6.07) is 4.56. The van der Waals surface area contributed by atoms with Crippen LogP contribution in [0.25, 0.3) is 0 Å². The van der Waals surface area contributed by atoms with Gasteiger partial charge in [-0.15, -0.1) is 0 Å². The number of ether oxygens (including phenoxy) is 1. The van der Waals surface area contributed by atoms with E-state index in [0.29, 0.717) is 12.0 Å². The van der Waals surface area contributed by atoms with Gasteiger partial charge in [0.05, 0.1) is 6.61 Å². The Morgan fingerprint density at radius 3 is 2.61 bits per heavy atom. The van der Waals surface area contributed by atoms with Gasteiger partial charge >= 0.3 is 6.18 Å². The summed E-state index contributed by atoms with van der Waals surface area (Å²) in [7, 11) is 0. The lowest BCUT2D eigenvalue weighted by Gasteiger charge is -2.10. The van der Waals surface area contributed by atoms with E-state index in [1.165, 1.54) is 12.1 Å². The van der Waals surface area contributed by atoms with Crippen molar-refractivity contribution < 1.29 is 23.0 Å². The third kappa shape index (κ3) is 5.11. The van der Waals surface area contributed by atoms with Crippen LogP contribution < -0.4 is 4.74 Å². The summed E-state index contributed by atoms with van der Waals surface area (Å²) in [4.78, 5) is 0. The highest BCUT2D eigenvalue weighted by molar-refractivity contribution is 5.44. The molecular weight excluding hydrogens is 245 g/mol. The highest BCUT2D eigenvalue weighted by atomic mass is 19.4. The van der Waals surface area contributed by atoms with E-state index in [0.717, 1.165) is 5.56 Å². The Morgan fingerprint density at radius 1 is 1.33 bits per heavy atom. The molecule has 0 aliphatic carbocycles. The van der Waals surface area contributed by atoms with Gasteiger partial charge in [-0.05, 0) is 30.7 Å². The number of benzene rings is 1. The summed E-state index contributed by atoms with van der Waals surface area (Å²) in [6.07, 6.45) is -3.97. The molecule has 98 valence electrons.